The Morgan fingerprint density at radius 1 is 1.19 bits per heavy atom. The lowest BCUT2D eigenvalue weighted by molar-refractivity contribution is -0.119. The molecule has 2 aromatic rings. The third kappa shape index (κ3) is 6.77. The van der Waals surface area contributed by atoms with E-state index in [4.69, 9.17) is 15.0 Å². The van der Waals surface area contributed by atoms with Gasteiger partial charge in [-0.15, -0.1) is 4.48 Å². The van der Waals surface area contributed by atoms with Crippen LogP contribution in [0.5, 0.6) is 0 Å². The average molecular weight is 445 g/mol. The van der Waals surface area contributed by atoms with E-state index < -0.39 is 0 Å². The van der Waals surface area contributed by atoms with Gasteiger partial charge in [0.1, 0.15) is 0 Å². The second-order valence-electron chi connectivity index (χ2n) is 7.77. The van der Waals surface area contributed by atoms with Crippen LogP contribution >= 0.6 is 0 Å². The highest BCUT2D eigenvalue weighted by atomic mass is 19.2. The first-order valence-corrected chi connectivity index (χ1v) is 10.8. The Morgan fingerprint density at radius 2 is 1.91 bits per heavy atom. The van der Waals surface area contributed by atoms with Gasteiger partial charge in [-0.2, -0.15) is 5.96 Å². The van der Waals surface area contributed by atoms with Gasteiger partial charge < -0.3 is 20.7 Å². The predicted octanol–water partition coefficient (Wildman–Crippen LogP) is 3.17. The smallest absolute Gasteiger partial charge is 0.248 e. The van der Waals surface area contributed by atoms with Gasteiger partial charge in [-0.25, -0.2) is 0 Å². The van der Waals surface area contributed by atoms with Gasteiger partial charge in [-0.3, -0.25) is 9.59 Å². The highest BCUT2D eigenvalue weighted by Gasteiger charge is 2.23. The maximum Gasteiger partial charge on any atom is 0.248 e. The van der Waals surface area contributed by atoms with Gasteiger partial charge in [-0.05, 0) is 54.2 Å². The number of nitrogens with two attached hydrogens (primary N) is 2. The molecule has 0 aliphatic carbocycles. The number of primary amides is 1. The molecule has 0 radical (unpaired) electrons. The van der Waals surface area contributed by atoms with E-state index in [0.29, 0.717) is 12.0 Å². The number of methoxy groups -OCH3 is 1. The number of amides is 2. The van der Waals surface area contributed by atoms with E-state index >= 15 is 0 Å². The van der Waals surface area contributed by atoms with E-state index in [2.05, 4.69) is 47.4 Å². The number of nitrogens with one attached hydrogen (secondary N) is 1. The molecule has 0 bridgehead atoms. The minimum absolute atomic E-state index is 0.137. The van der Waals surface area contributed by atoms with Crippen LogP contribution in [-0.4, -0.2) is 32.1 Å². The van der Waals surface area contributed by atoms with E-state index in [-0.39, 0.29) is 17.9 Å². The molecule has 8 heteroatoms. The Morgan fingerprint density at radius 3 is 2.44 bits per heavy atom. The molecule has 7 nitrogen and oxygen atoms in total. The molecule has 0 saturated carbocycles. The van der Waals surface area contributed by atoms with Crippen LogP contribution in [0.3, 0.4) is 0 Å². The van der Waals surface area contributed by atoms with Crippen molar-refractivity contribution in [3.8, 4) is 0 Å². The summed E-state index contributed by atoms with van der Waals surface area (Å²) < 4.78 is 13.7. The van der Waals surface area contributed by atoms with E-state index in [0.717, 1.165) is 39.0 Å². The summed E-state index contributed by atoms with van der Waals surface area (Å²) >= 11 is 0. The molecule has 32 heavy (non-hydrogen) atoms. The zero-order valence-electron chi connectivity index (χ0n) is 18.8. The van der Waals surface area contributed by atoms with Gasteiger partial charge in [0.05, 0.1) is 6.04 Å². The Bertz CT molecular complexity index is 887. The summed E-state index contributed by atoms with van der Waals surface area (Å²) in [6.45, 7) is 4.75. The van der Waals surface area contributed by atoms with Crippen molar-refractivity contribution in [2.24, 2.45) is 11.7 Å². The minimum atomic E-state index is -0.379. The Balaban J connectivity index is 0.000000460. The van der Waals surface area contributed by atoms with Crippen molar-refractivity contribution in [1.29, 1.82) is 0 Å². The van der Waals surface area contributed by atoms with Crippen LogP contribution in [0.4, 0.5) is 10.2 Å². The van der Waals surface area contributed by atoms with Crippen molar-refractivity contribution in [2.75, 3.05) is 25.2 Å². The summed E-state index contributed by atoms with van der Waals surface area (Å²) in [5.74, 6) is 2.76. The van der Waals surface area contributed by atoms with Crippen LogP contribution in [-0.2, 0) is 22.5 Å². The number of carbonyl (C=O) groups excluding carboxylic acids is 2. The van der Waals surface area contributed by atoms with Gasteiger partial charge in [0, 0.05) is 44.5 Å². The zero-order chi connectivity index (χ0) is 23.5. The standard InChI is InChI=1S/C20H21N3O2.C4H10O.FH2N/c21-20(25)16-5-7-18-15(11-16)9-10-23(18)12-13-1-3-14(4-2-13)17-6-8-19(24)22-17;1-3-4-5-2;1-2/h1-5,7,11,17H,6,8-10,12H2,(H2,21,25)(H,22,24);3-4H2,1-2H3;2H2. The molecule has 1 fully saturated rings. The quantitative estimate of drug-likeness (QED) is 0.593. The zero-order valence-corrected chi connectivity index (χ0v) is 18.8. The molecule has 1 unspecified atom stereocenters. The molecule has 2 aromatic carbocycles. The second-order valence-corrected chi connectivity index (χ2v) is 7.77. The van der Waals surface area contributed by atoms with Gasteiger partial charge in [0.25, 0.3) is 0 Å². The van der Waals surface area contributed by atoms with Crippen LogP contribution in [0.15, 0.2) is 42.5 Å². The van der Waals surface area contributed by atoms with Crippen LogP contribution in [0, 0.1) is 0 Å². The maximum absolute atomic E-state index is 11.4. The van der Waals surface area contributed by atoms with Gasteiger partial charge in [0.2, 0.25) is 11.8 Å². The topological polar surface area (TPSA) is 111 Å². The third-order valence-electron chi connectivity index (χ3n) is 5.51. The number of hydrogen-bond donors (Lipinski definition) is 3. The van der Waals surface area contributed by atoms with Crippen LogP contribution in [0.1, 0.15) is 59.3 Å². The van der Waals surface area contributed by atoms with Crippen molar-refractivity contribution in [2.45, 2.75) is 45.2 Å². The van der Waals surface area contributed by atoms with Gasteiger partial charge >= 0.3 is 0 Å². The predicted molar refractivity (Wildman–Crippen MR) is 124 cm³/mol. The minimum Gasteiger partial charge on any atom is -0.385 e. The highest BCUT2D eigenvalue weighted by Crippen LogP contribution is 2.30. The van der Waals surface area contributed by atoms with Crippen LogP contribution in [0.2, 0.25) is 0 Å². The Kier molecular flexibility index (Phi) is 10.1. The normalized spacial score (nSPS) is 16.3. The fourth-order valence-corrected chi connectivity index (χ4v) is 3.93. The first-order chi connectivity index (χ1) is 15.5. The van der Waals surface area contributed by atoms with Crippen LogP contribution < -0.4 is 21.9 Å². The van der Waals surface area contributed by atoms with Crippen molar-refractivity contribution >= 4 is 17.5 Å². The average Bonchev–Trinajstić information content (AvgIpc) is 3.42. The van der Waals surface area contributed by atoms with E-state index in [1.54, 1.807) is 13.2 Å². The summed E-state index contributed by atoms with van der Waals surface area (Å²) in [6, 6.07) is 14.3. The molecule has 2 heterocycles. The van der Waals surface area contributed by atoms with Crippen molar-refractivity contribution in [3.63, 3.8) is 0 Å². The highest BCUT2D eigenvalue weighted by molar-refractivity contribution is 5.93. The molecule has 0 aromatic heterocycles. The second kappa shape index (κ2) is 12.8. The lowest BCUT2D eigenvalue weighted by atomic mass is 10.0. The maximum atomic E-state index is 11.4. The number of fused-ring (bicyclic) bond motifs is 1. The van der Waals surface area contributed by atoms with Crippen molar-refractivity contribution in [3.05, 3.63) is 64.7 Å². The van der Waals surface area contributed by atoms with E-state index in [1.807, 2.05) is 12.1 Å². The molecule has 2 amide bonds. The molecule has 2 aliphatic rings. The fraction of sp³-hybridized carbons (Fsp3) is 0.417. The molecular formula is C24H33FN4O3. The summed E-state index contributed by atoms with van der Waals surface area (Å²) in [5.41, 5.74) is 10.7. The number of carbonyl (C=O) groups is 2. The Labute approximate surface area is 188 Å². The summed E-state index contributed by atoms with van der Waals surface area (Å²) in [7, 11) is 1.71. The molecule has 2 aliphatic heterocycles. The molecule has 174 valence electrons. The lowest BCUT2D eigenvalue weighted by Gasteiger charge is -2.20. The monoisotopic (exact) mass is 444 g/mol. The number of anilines is 1. The number of rotatable bonds is 6. The van der Waals surface area contributed by atoms with Crippen molar-refractivity contribution in [1.82, 2.24) is 5.32 Å². The first kappa shape index (κ1) is 25.3. The number of nitrogens with zero attached hydrogens (tertiary/aromatic N) is 1. The van der Waals surface area contributed by atoms with E-state index in [9.17, 15) is 9.59 Å². The lowest BCUT2D eigenvalue weighted by Crippen LogP contribution is -2.20. The summed E-state index contributed by atoms with van der Waals surface area (Å²) in [4.78, 5) is 25.0. The number of ether oxygens (including phenoxy) is 1. The summed E-state index contributed by atoms with van der Waals surface area (Å²) in [5, 5.41) is 3.00. The van der Waals surface area contributed by atoms with Gasteiger partial charge in [0.15, 0.2) is 0 Å². The summed E-state index contributed by atoms with van der Waals surface area (Å²) in [6.07, 6.45) is 3.54. The third-order valence-corrected chi connectivity index (χ3v) is 5.51. The van der Waals surface area contributed by atoms with E-state index in [1.165, 1.54) is 22.4 Å². The molecule has 4 rings (SSSR count). The molecule has 1 saturated heterocycles. The first-order valence-electron chi connectivity index (χ1n) is 10.8. The SMILES string of the molecule is CCCOC.NC(=O)c1ccc2c(c1)CCN2Cc1ccc(C2CCC(=O)N2)cc1.NF. The fourth-order valence-electron chi connectivity index (χ4n) is 3.93. The molecular weight excluding hydrogens is 411 g/mol. The number of halogens is 1. The van der Waals surface area contributed by atoms with Crippen LogP contribution in [0.25, 0.3) is 0 Å². The van der Waals surface area contributed by atoms with Crippen molar-refractivity contribution < 1.29 is 18.8 Å². The van der Waals surface area contributed by atoms with Gasteiger partial charge in [-0.1, -0.05) is 31.2 Å². The Hall–Kier alpha value is -2.97. The molecule has 1 atom stereocenters. The number of hydrogen-bond acceptors (Lipinski definition) is 5. The largest absolute Gasteiger partial charge is 0.385 e. The number of benzene rings is 2. The molecule has 0 spiro atoms. The molecule has 5 N–H and O–H groups in total.